The Kier molecular flexibility index (Phi) is 7.31. The Labute approximate surface area is 218 Å². The Morgan fingerprint density at radius 1 is 0.857 bits per heavy atom. The second-order valence-electron chi connectivity index (χ2n) is 10.5. The highest BCUT2D eigenvalue weighted by Crippen LogP contribution is 2.40. The topological polar surface area (TPSA) is 69.2 Å². The van der Waals surface area contributed by atoms with Gasteiger partial charge in [-0.3, -0.25) is 0 Å². The van der Waals surface area contributed by atoms with Crippen molar-refractivity contribution in [1.82, 2.24) is 9.97 Å². The molecule has 2 aromatic carbocycles. The summed E-state index contributed by atoms with van der Waals surface area (Å²) in [6.07, 6.45) is 4.13. The van der Waals surface area contributed by atoms with Gasteiger partial charge in [-0.1, -0.05) is 69.6 Å². The summed E-state index contributed by atoms with van der Waals surface area (Å²) < 4.78 is 34.8. The van der Waals surface area contributed by atoms with E-state index in [4.69, 9.17) is 9.17 Å². The molecule has 1 aromatic heterocycles. The van der Waals surface area contributed by atoms with Gasteiger partial charge in [0.25, 0.3) is 0 Å². The van der Waals surface area contributed by atoms with Crippen LogP contribution in [0.25, 0.3) is 10.9 Å². The van der Waals surface area contributed by atoms with Gasteiger partial charge in [0, 0.05) is 4.47 Å². The minimum Gasteiger partial charge on any atom is -0.357 e. The van der Waals surface area contributed by atoms with Crippen molar-refractivity contribution < 1.29 is 12.6 Å². The third-order valence-corrected chi connectivity index (χ3v) is 8.91. The average molecular weight is 560 g/mol. The Bertz CT molecular complexity index is 1370. The van der Waals surface area contributed by atoms with Crippen molar-refractivity contribution in [2.75, 3.05) is 0 Å². The second-order valence-corrected chi connectivity index (χ2v) is 12.9. The zero-order chi connectivity index (χ0) is 25.7. The summed E-state index contributed by atoms with van der Waals surface area (Å²) in [6, 6.07) is 5.96. The van der Waals surface area contributed by atoms with E-state index in [1.54, 1.807) is 6.92 Å². The van der Waals surface area contributed by atoms with E-state index < -0.39 is 10.1 Å². The summed E-state index contributed by atoms with van der Waals surface area (Å²) in [5, 5.41) is 0.627. The number of hydrogen-bond donors (Lipinski definition) is 0. The number of aromatic nitrogens is 2. The molecule has 0 unspecified atom stereocenters. The molecule has 0 N–H and O–H groups in total. The molecule has 0 amide bonds. The van der Waals surface area contributed by atoms with Gasteiger partial charge in [0.1, 0.15) is 10.7 Å². The minimum atomic E-state index is -4.16. The van der Waals surface area contributed by atoms with E-state index in [0.29, 0.717) is 17.1 Å². The van der Waals surface area contributed by atoms with Gasteiger partial charge in [0.2, 0.25) is 5.88 Å². The first kappa shape index (κ1) is 26.1. The molecular weight excluding hydrogens is 524 g/mol. The van der Waals surface area contributed by atoms with Crippen LogP contribution in [-0.4, -0.2) is 18.4 Å². The fraction of sp³-hybridized carbons (Fsp3) is 0.500. The smallest absolute Gasteiger partial charge is 0.341 e. The van der Waals surface area contributed by atoms with Crippen LogP contribution in [0.1, 0.15) is 106 Å². The molecule has 188 valence electrons. The molecule has 5 nitrogen and oxygen atoms in total. The number of benzene rings is 2. The van der Waals surface area contributed by atoms with Crippen LogP contribution in [0.4, 0.5) is 0 Å². The highest BCUT2D eigenvalue weighted by atomic mass is 79.9. The highest BCUT2D eigenvalue weighted by molar-refractivity contribution is 9.10. The molecule has 0 aliphatic heterocycles. The maximum Gasteiger partial charge on any atom is 0.341 e. The lowest BCUT2D eigenvalue weighted by molar-refractivity contribution is 0.474. The standard InChI is InChI=1S/C28H35BrN2O3S/c1-15(2)19-12-22(16(3)4)27(23(13-19)17(5)6)35(32,33)34-28-24-14-25(29)20-10-8-9-11-21(20)26(24)30-18(7)31-28/h12-17H,8-11H2,1-7H3. The van der Waals surface area contributed by atoms with Crippen molar-refractivity contribution >= 4 is 37.0 Å². The van der Waals surface area contributed by atoms with Crippen molar-refractivity contribution in [2.24, 2.45) is 0 Å². The molecule has 0 spiro atoms. The number of rotatable bonds is 6. The largest absolute Gasteiger partial charge is 0.357 e. The van der Waals surface area contributed by atoms with Crippen LogP contribution < -0.4 is 4.18 Å². The van der Waals surface area contributed by atoms with E-state index in [9.17, 15) is 8.42 Å². The summed E-state index contributed by atoms with van der Waals surface area (Å²) in [4.78, 5) is 9.44. The number of fused-ring (bicyclic) bond motifs is 3. The number of hydrogen-bond acceptors (Lipinski definition) is 5. The van der Waals surface area contributed by atoms with Crippen LogP contribution in [0, 0.1) is 6.92 Å². The molecule has 1 aliphatic rings. The lowest BCUT2D eigenvalue weighted by Crippen LogP contribution is -2.18. The molecule has 35 heavy (non-hydrogen) atoms. The first-order chi connectivity index (χ1) is 16.4. The molecule has 0 radical (unpaired) electrons. The van der Waals surface area contributed by atoms with Gasteiger partial charge in [0.15, 0.2) is 0 Å². The lowest BCUT2D eigenvalue weighted by atomic mass is 9.89. The fourth-order valence-corrected chi connectivity index (χ4v) is 7.20. The molecular formula is C28H35BrN2O3S. The Hall–Kier alpha value is -1.99. The molecule has 0 bridgehead atoms. The number of halogens is 1. The molecule has 1 heterocycles. The predicted octanol–water partition coefficient (Wildman–Crippen LogP) is 7.72. The van der Waals surface area contributed by atoms with Crippen molar-refractivity contribution in [3.05, 3.63) is 56.3 Å². The van der Waals surface area contributed by atoms with Crippen LogP contribution in [0.5, 0.6) is 5.88 Å². The number of nitrogens with zero attached hydrogens (tertiary/aromatic N) is 2. The molecule has 7 heteroatoms. The normalized spacial score (nSPS) is 14.3. The van der Waals surface area contributed by atoms with Crippen LogP contribution >= 0.6 is 15.9 Å². The van der Waals surface area contributed by atoms with E-state index >= 15 is 0 Å². The van der Waals surface area contributed by atoms with E-state index in [1.807, 2.05) is 45.9 Å². The summed E-state index contributed by atoms with van der Waals surface area (Å²) in [5.74, 6) is 0.925. The quantitative estimate of drug-likeness (QED) is 0.289. The molecule has 1 aliphatic carbocycles. The van der Waals surface area contributed by atoms with Gasteiger partial charge in [-0.2, -0.15) is 13.4 Å². The molecule has 0 saturated heterocycles. The Morgan fingerprint density at radius 2 is 1.43 bits per heavy atom. The molecule has 0 saturated carbocycles. The van der Waals surface area contributed by atoms with Crippen molar-refractivity contribution in [3.8, 4) is 5.88 Å². The number of aryl methyl sites for hydroxylation is 2. The van der Waals surface area contributed by atoms with Crippen LogP contribution in [0.3, 0.4) is 0 Å². The highest BCUT2D eigenvalue weighted by Gasteiger charge is 2.30. The molecule has 0 fully saturated rings. The lowest BCUT2D eigenvalue weighted by Gasteiger charge is -2.23. The summed E-state index contributed by atoms with van der Waals surface area (Å²) >= 11 is 3.70. The van der Waals surface area contributed by atoms with Crippen molar-refractivity contribution in [1.29, 1.82) is 0 Å². The first-order valence-electron chi connectivity index (χ1n) is 12.5. The summed E-state index contributed by atoms with van der Waals surface area (Å²) in [6.45, 7) is 14.1. The summed E-state index contributed by atoms with van der Waals surface area (Å²) in [7, 11) is -4.16. The molecule has 0 atom stereocenters. The zero-order valence-corrected chi connectivity index (χ0v) is 24.1. The third kappa shape index (κ3) is 4.99. The van der Waals surface area contributed by atoms with Crippen molar-refractivity contribution in [3.63, 3.8) is 0 Å². The predicted molar refractivity (Wildman–Crippen MR) is 145 cm³/mol. The van der Waals surface area contributed by atoms with Crippen LogP contribution in [-0.2, 0) is 23.0 Å². The summed E-state index contributed by atoms with van der Waals surface area (Å²) in [5.41, 5.74) is 5.92. The minimum absolute atomic E-state index is 0.0182. The van der Waals surface area contributed by atoms with Crippen LogP contribution in [0.15, 0.2) is 27.6 Å². The fourth-order valence-electron chi connectivity index (χ4n) is 4.95. The third-order valence-electron chi connectivity index (χ3n) is 6.85. The monoisotopic (exact) mass is 558 g/mol. The van der Waals surface area contributed by atoms with E-state index in [1.165, 1.54) is 11.1 Å². The van der Waals surface area contributed by atoms with E-state index in [2.05, 4.69) is 34.8 Å². The van der Waals surface area contributed by atoms with Gasteiger partial charge in [-0.15, -0.1) is 0 Å². The van der Waals surface area contributed by atoms with Gasteiger partial charge in [-0.25, -0.2) is 4.98 Å². The van der Waals surface area contributed by atoms with Gasteiger partial charge >= 0.3 is 10.1 Å². The second kappa shape index (κ2) is 9.81. The van der Waals surface area contributed by atoms with E-state index in [0.717, 1.165) is 52.4 Å². The maximum absolute atomic E-state index is 14.0. The van der Waals surface area contributed by atoms with Crippen LogP contribution in [0.2, 0.25) is 0 Å². The Morgan fingerprint density at radius 3 is 1.97 bits per heavy atom. The SMILES string of the molecule is Cc1nc(OS(=O)(=O)c2c(C(C)C)cc(C(C)C)cc2C(C)C)c2cc(Br)c3c(c2n1)CCCC3. The Balaban J connectivity index is 1.94. The first-order valence-corrected chi connectivity index (χ1v) is 14.7. The van der Waals surface area contributed by atoms with Gasteiger partial charge in [0.05, 0.1) is 10.9 Å². The van der Waals surface area contributed by atoms with Gasteiger partial charge in [-0.05, 0) is 84.2 Å². The van der Waals surface area contributed by atoms with Gasteiger partial charge < -0.3 is 4.18 Å². The van der Waals surface area contributed by atoms with E-state index in [-0.39, 0.29) is 22.6 Å². The average Bonchev–Trinajstić information content (AvgIpc) is 2.78. The molecule has 4 rings (SSSR count). The maximum atomic E-state index is 14.0. The zero-order valence-electron chi connectivity index (χ0n) is 21.7. The molecule has 3 aromatic rings. The van der Waals surface area contributed by atoms with Crippen molar-refractivity contribution in [2.45, 2.75) is 96.8 Å².